The van der Waals surface area contributed by atoms with E-state index in [0.717, 1.165) is 53.8 Å². The Labute approximate surface area is 296 Å². The molecule has 0 N–H and O–H groups in total. The van der Waals surface area contributed by atoms with Gasteiger partial charge < -0.3 is 19.3 Å². The molecule has 7 rings (SSSR count). The molecule has 0 radical (unpaired) electrons. The number of anilines is 1. The molecule has 3 saturated carbocycles. The number of aryl methyl sites for hydroxylation is 1. The third kappa shape index (κ3) is 8.03. The molecular weight excluding hydrogens is 653 g/mol. The smallest absolute Gasteiger partial charge is 0.410 e. The van der Waals surface area contributed by atoms with Crippen LogP contribution in [-0.4, -0.2) is 79.5 Å². The van der Waals surface area contributed by atoms with E-state index in [-0.39, 0.29) is 42.5 Å². The van der Waals surface area contributed by atoms with E-state index in [9.17, 15) is 18.0 Å². The lowest BCUT2D eigenvalue weighted by Gasteiger charge is -2.36. The minimum atomic E-state index is -3.08. The molecule has 0 unspecified atom stereocenters. The largest absolute Gasteiger partial charge is 0.496 e. The van der Waals surface area contributed by atoms with Crippen molar-refractivity contribution in [3.05, 3.63) is 66.0 Å². The van der Waals surface area contributed by atoms with Crippen molar-refractivity contribution in [1.82, 2.24) is 14.7 Å². The highest BCUT2D eigenvalue weighted by Gasteiger charge is 2.35. The van der Waals surface area contributed by atoms with Gasteiger partial charge in [-0.05, 0) is 118 Å². The summed E-state index contributed by atoms with van der Waals surface area (Å²) < 4.78 is 36.9. The van der Waals surface area contributed by atoms with Gasteiger partial charge in [0.1, 0.15) is 11.9 Å². The second kappa shape index (κ2) is 14.8. The van der Waals surface area contributed by atoms with Crippen LogP contribution in [0.1, 0.15) is 87.3 Å². The van der Waals surface area contributed by atoms with E-state index in [1.807, 2.05) is 17.2 Å². The molecule has 4 fully saturated rings. The number of sulfone groups is 1. The van der Waals surface area contributed by atoms with E-state index in [2.05, 4.69) is 59.3 Å². The molecule has 268 valence electrons. The van der Waals surface area contributed by atoms with E-state index in [0.29, 0.717) is 50.1 Å². The molecule has 10 nitrogen and oxygen atoms in total. The fourth-order valence-electron chi connectivity index (χ4n) is 8.05. The SMILES string of the molecule is COc1ccc(C2CCC(CN(C(=O)C3CCC(OC(=O)N4CCS(=O)(=O)CC4)CC3)c3cccc(-c4cnn(C5CC5)c4)c3)CC2)cc1C. The van der Waals surface area contributed by atoms with E-state index < -0.39 is 15.9 Å². The van der Waals surface area contributed by atoms with Gasteiger partial charge in [0.15, 0.2) is 9.84 Å². The van der Waals surface area contributed by atoms with Crippen LogP contribution in [-0.2, 0) is 19.4 Å². The maximum absolute atomic E-state index is 14.5. The molecule has 2 aromatic carbocycles. The van der Waals surface area contributed by atoms with Crippen LogP contribution in [0.25, 0.3) is 11.1 Å². The molecule has 0 bridgehead atoms. The van der Waals surface area contributed by atoms with E-state index in [1.54, 1.807) is 7.11 Å². The van der Waals surface area contributed by atoms with Crippen LogP contribution in [0, 0.1) is 18.8 Å². The predicted octanol–water partition coefficient (Wildman–Crippen LogP) is 6.93. The van der Waals surface area contributed by atoms with Gasteiger partial charge >= 0.3 is 6.09 Å². The number of carbonyl (C=O) groups is 2. The molecule has 0 spiro atoms. The molecule has 4 aliphatic rings. The Morgan fingerprint density at radius 3 is 2.32 bits per heavy atom. The molecule has 11 heteroatoms. The second-order valence-corrected chi connectivity index (χ2v) is 17.2. The summed E-state index contributed by atoms with van der Waals surface area (Å²) >= 11 is 0. The third-order valence-corrected chi connectivity index (χ3v) is 13.0. The topological polar surface area (TPSA) is 111 Å². The highest BCUT2D eigenvalue weighted by atomic mass is 32.2. The van der Waals surface area contributed by atoms with Gasteiger partial charge in [0, 0.05) is 43.0 Å². The summed E-state index contributed by atoms with van der Waals surface area (Å²) in [6.45, 7) is 3.13. The maximum atomic E-state index is 14.5. The van der Waals surface area contributed by atoms with Crippen LogP contribution >= 0.6 is 0 Å². The Hall–Kier alpha value is -3.86. The van der Waals surface area contributed by atoms with Crippen molar-refractivity contribution in [2.24, 2.45) is 11.8 Å². The highest BCUT2D eigenvalue weighted by molar-refractivity contribution is 7.91. The number of hydrogen-bond donors (Lipinski definition) is 0. The van der Waals surface area contributed by atoms with Gasteiger partial charge in [0.2, 0.25) is 5.91 Å². The Morgan fingerprint density at radius 1 is 0.900 bits per heavy atom. The summed E-state index contributed by atoms with van der Waals surface area (Å²) in [7, 11) is -1.37. The lowest BCUT2D eigenvalue weighted by Crippen LogP contribution is -2.45. The van der Waals surface area contributed by atoms with Gasteiger partial charge in [-0.2, -0.15) is 5.10 Å². The van der Waals surface area contributed by atoms with Crippen molar-refractivity contribution in [1.29, 1.82) is 0 Å². The Balaban J connectivity index is 1.02. The molecule has 3 aliphatic carbocycles. The number of methoxy groups -OCH3 is 1. The molecule has 2 heterocycles. The van der Waals surface area contributed by atoms with E-state index >= 15 is 0 Å². The quantitative estimate of drug-likeness (QED) is 0.238. The number of nitrogens with zero attached hydrogens (tertiary/aromatic N) is 4. The zero-order valence-corrected chi connectivity index (χ0v) is 30.2. The first kappa shape index (κ1) is 34.6. The number of amides is 2. The van der Waals surface area contributed by atoms with Gasteiger partial charge in [-0.15, -0.1) is 0 Å². The summed E-state index contributed by atoms with van der Waals surface area (Å²) in [5.41, 5.74) is 5.59. The van der Waals surface area contributed by atoms with Crippen LogP contribution in [0.2, 0.25) is 0 Å². The van der Waals surface area contributed by atoms with Gasteiger partial charge in [-0.3, -0.25) is 9.48 Å². The first-order valence-corrected chi connectivity index (χ1v) is 20.2. The van der Waals surface area contributed by atoms with E-state index in [4.69, 9.17) is 9.47 Å². The van der Waals surface area contributed by atoms with Gasteiger partial charge in [0.25, 0.3) is 0 Å². The average molecular weight is 703 g/mol. The summed E-state index contributed by atoms with van der Waals surface area (Å²) in [4.78, 5) is 30.8. The fraction of sp³-hybridized carbons (Fsp3) is 0.564. The van der Waals surface area contributed by atoms with Crippen LogP contribution in [0.5, 0.6) is 5.75 Å². The molecule has 1 saturated heterocycles. The van der Waals surface area contributed by atoms with E-state index in [1.165, 1.54) is 23.3 Å². The number of ether oxygens (including phenoxy) is 2. The number of hydrogen-bond acceptors (Lipinski definition) is 7. The van der Waals surface area contributed by atoms with Crippen LogP contribution < -0.4 is 9.64 Å². The zero-order valence-electron chi connectivity index (χ0n) is 29.3. The fourth-order valence-corrected chi connectivity index (χ4v) is 9.26. The Kier molecular flexibility index (Phi) is 10.2. The lowest BCUT2D eigenvalue weighted by molar-refractivity contribution is -0.124. The number of benzene rings is 2. The van der Waals surface area contributed by atoms with Crippen molar-refractivity contribution in [3.8, 4) is 16.9 Å². The predicted molar refractivity (Wildman–Crippen MR) is 193 cm³/mol. The number of rotatable bonds is 9. The molecule has 3 aromatic rings. The van der Waals surface area contributed by atoms with Crippen LogP contribution in [0.3, 0.4) is 0 Å². The number of carbonyl (C=O) groups excluding carboxylic acids is 2. The molecule has 1 aliphatic heterocycles. The van der Waals surface area contributed by atoms with Crippen molar-refractivity contribution < 1.29 is 27.5 Å². The summed E-state index contributed by atoms with van der Waals surface area (Å²) in [5, 5.41) is 4.61. The standard InChI is InChI=1S/C39H50N4O6S/c1-27-22-32(12-17-37(27)48-2)29-8-6-28(7-9-29)25-42(35-5-3-4-31(23-35)33-24-40-43(26-33)34-13-14-34)38(44)30-10-15-36(16-11-30)49-39(45)41-18-20-50(46,47)21-19-41/h3-5,12,17,22-24,26,28-30,34,36H,6-11,13-16,18-21,25H2,1-2H3. The highest BCUT2D eigenvalue weighted by Crippen LogP contribution is 2.40. The first-order valence-electron chi connectivity index (χ1n) is 18.4. The van der Waals surface area contributed by atoms with Gasteiger partial charge in [-0.1, -0.05) is 24.3 Å². The van der Waals surface area contributed by atoms with Gasteiger partial charge in [-0.25, -0.2) is 13.2 Å². The van der Waals surface area contributed by atoms with Crippen LogP contribution in [0.15, 0.2) is 54.9 Å². The number of aromatic nitrogens is 2. The lowest BCUT2D eigenvalue weighted by atomic mass is 9.78. The van der Waals surface area contributed by atoms with Crippen molar-refractivity contribution >= 4 is 27.5 Å². The summed E-state index contributed by atoms with van der Waals surface area (Å²) in [6, 6.07) is 15.4. The molecule has 0 atom stereocenters. The first-order chi connectivity index (χ1) is 24.2. The molecule has 50 heavy (non-hydrogen) atoms. The molecule has 2 amide bonds. The summed E-state index contributed by atoms with van der Waals surface area (Å²) in [6.07, 6.45) is 12.6. The molecular formula is C39H50N4O6S. The Bertz CT molecular complexity index is 1770. The maximum Gasteiger partial charge on any atom is 0.410 e. The minimum Gasteiger partial charge on any atom is -0.496 e. The zero-order chi connectivity index (χ0) is 34.8. The summed E-state index contributed by atoms with van der Waals surface area (Å²) in [5.74, 6) is 1.79. The Morgan fingerprint density at radius 2 is 1.64 bits per heavy atom. The monoisotopic (exact) mass is 702 g/mol. The second-order valence-electron chi connectivity index (χ2n) is 14.9. The molecule has 1 aromatic heterocycles. The van der Waals surface area contributed by atoms with Crippen molar-refractivity contribution in [2.75, 3.05) is 43.1 Å². The van der Waals surface area contributed by atoms with Crippen molar-refractivity contribution in [2.45, 2.75) is 89.2 Å². The average Bonchev–Trinajstić information content (AvgIpc) is 3.86. The van der Waals surface area contributed by atoms with Crippen LogP contribution in [0.4, 0.5) is 10.5 Å². The van der Waals surface area contributed by atoms with Crippen molar-refractivity contribution in [3.63, 3.8) is 0 Å². The normalized spacial score (nSPS) is 25.1. The van der Waals surface area contributed by atoms with Gasteiger partial charge in [0.05, 0.1) is 30.9 Å². The third-order valence-electron chi connectivity index (χ3n) is 11.4. The minimum absolute atomic E-state index is 0.0218.